The van der Waals surface area contributed by atoms with E-state index < -0.39 is 23.3 Å². The smallest absolute Gasteiger partial charge is 0.324 e. The summed E-state index contributed by atoms with van der Waals surface area (Å²) in [7, 11) is 0. The number of aldehydes is 1. The van der Waals surface area contributed by atoms with Crippen molar-refractivity contribution in [3.05, 3.63) is 0 Å². The van der Waals surface area contributed by atoms with Gasteiger partial charge in [-0.15, -0.1) is 0 Å². The van der Waals surface area contributed by atoms with Gasteiger partial charge in [-0.1, -0.05) is 13.3 Å². The van der Waals surface area contributed by atoms with Gasteiger partial charge in [0, 0.05) is 5.92 Å². The van der Waals surface area contributed by atoms with E-state index in [1.165, 1.54) is 0 Å². The van der Waals surface area contributed by atoms with E-state index in [0.717, 1.165) is 6.42 Å². The van der Waals surface area contributed by atoms with Gasteiger partial charge < -0.3 is 14.3 Å². The van der Waals surface area contributed by atoms with E-state index in [4.69, 9.17) is 9.47 Å². The summed E-state index contributed by atoms with van der Waals surface area (Å²) in [6.45, 7) is 5.66. The van der Waals surface area contributed by atoms with Crippen LogP contribution in [0.25, 0.3) is 0 Å². The van der Waals surface area contributed by atoms with Gasteiger partial charge in [0.05, 0.1) is 13.2 Å². The summed E-state index contributed by atoms with van der Waals surface area (Å²) in [5.41, 5.74) is -1.39. The number of rotatable bonds is 7. The first-order valence-electron chi connectivity index (χ1n) is 6.40. The van der Waals surface area contributed by atoms with E-state index in [1.54, 1.807) is 13.8 Å². The fourth-order valence-electron chi connectivity index (χ4n) is 2.57. The Bertz CT molecular complexity index is 318. The van der Waals surface area contributed by atoms with Crippen LogP contribution in [0.5, 0.6) is 0 Å². The summed E-state index contributed by atoms with van der Waals surface area (Å²) >= 11 is 0. The monoisotopic (exact) mass is 256 g/mol. The topological polar surface area (TPSA) is 69.7 Å². The Kier molecular flexibility index (Phi) is 4.87. The molecule has 0 aliphatic heterocycles. The van der Waals surface area contributed by atoms with E-state index in [9.17, 15) is 14.4 Å². The molecule has 1 fully saturated rings. The Morgan fingerprint density at radius 3 is 1.94 bits per heavy atom. The minimum atomic E-state index is -1.39. The normalized spacial score (nSPS) is 24.2. The molecule has 1 rings (SSSR count). The lowest BCUT2D eigenvalue weighted by Gasteiger charge is -2.14. The minimum absolute atomic E-state index is 0.185. The highest BCUT2D eigenvalue weighted by molar-refractivity contribution is 6.08. The van der Waals surface area contributed by atoms with Gasteiger partial charge in [-0.2, -0.15) is 0 Å². The zero-order chi connectivity index (χ0) is 13.8. The number of esters is 2. The molecule has 5 heteroatoms. The molecule has 1 saturated carbocycles. The zero-order valence-electron chi connectivity index (χ0n) is 11.1. The van der Waals surface area contributed by atoms with Crippen molar-refractivity contribution in [1.82, 2.24) is 0 Å². The van der Waals surface area contributed by atoms with Crippen molar-refractivity contribution < 1.29 is 23.9 Å². The lowest BCUT2D eigenvalue weighted by molar-refractivity contribution is -0.166. The Balaban J connectivity index is 2.99. The Labute approximate surface area is 107 Å². The second kappa shape index (κ2) is 5.98. The van der Waals surface area contributed by atoms with Crippen LogP contribution in [0.2, 0.25) is 0 Å². The molecule has 5 nitrogen and oxygen atoms in total. The molecule has 0 unspecified atom stereocenters. The zero-order valence-corrected chi connectivity index (χ0v) is 11.1. The second-order valence-corrected chi connectivity index (χ2v) is 4.37. The first kappa shape index (κ1) is 14.7. The van der Waals surface area contributed by atoms with Gasteiger partial charge in [-0.25, -0.2) is 0 Å². The summed E-state index contributed by atoms with van der Waals surface area (Å²) in [6, 6.07) is 0. The third-order valence-corrected chi connectivity index (χ3v) is 3.41. The van der Waals surface area contributed by atoms with Crippen molar-refractivity contribution in [3.63, 3.8) is 0 Å². The summed E-state index contributed by atoms with van der Waals surface area (Å²) in [5.74, 6) is -2.13. The predicted molar refractivity (Wildman–Crippen MR) is 63.7 cm³/mol. The van der Waals surface area contributed by atoms with Gasteiger partial charge in [-0.3, -0.25) is 9.59 Å². The maximum atomic E-state index is 12.0. The molecule has 1 aliphatic rings. The van der Waals surface area contributed by atoms with Crippen molar-refractivity contribution >= 4 is 18.2 Å². The molecule has 0 radical (unpaired) electrons. The quantitative estimate of drug-likeness (QED) is 0.390. The SMILES string of the molecule is CCC[C@@H]1[C@@H](C=O)C1(C(=O)OCC)C(=O)OCC. The van der Waals surface area contributed by atoms with Crippen molar-refractivity contribution in [3.8, 4) is 0 Å². The number of ether oxygens (including phenoxy) is 2. The Morgan fingerprint density at radius 2 is 1.61 bits per heavy atom. The molecule has 2 atom stereocenters. The second-order valence-electron chi connectivity index (χ2n) is 4.37. The molecule has 0 N–H and O–H groups in total. The van der Waals surface area contributed by atoms with Crippen LogP contribution in [0.15, 0.2) is 0 Å². The highest BCUT2D eigenvalue weighted by atomic mass is 16.6. The fraction of sp³-hybridized carbons (Fsp3) is 0.769. The molecule has 18 heavy (non-hydrogen) atoms. The van der Waals surface area contributed by atoms with E-state index in [-0.39, 0.29) is 19.1 Å². The van der Waals surface area contributed by atoms with Crippen LogP contribution in [0, 0.1) is 17.3 Å². The number of hydrogen-bond acceptors (Lipinski definition) is 5. The van der Waals surface area contributed by atoms with Crippen LogP contribution in [-0.4, -0.2) is 31.4 Å². The van der Waals surface area contributed by atoms with Crippen LogP contribution in [0.3, 0.4) is 0 Å². The average molecular weight is 256 g/mol. The van der Waals surface area contributed by atoms with Gasteiger partial charge >= 0.3 is 11.9 Å². The summed E-state index contributed by atoms with van der Waals surface area (Å²) < 4.78 is 9.89. The third-order valence-electron chi connectivity index (χ3n) is 3.41. The van der Waals surface area contributed by atoms with Crippen LogP contribution < -0.4 is 0 Å². The summed E-state index contributed by atoms with van der Waals surface area (Å²) in [4.78, 5) is 35.1. The number of carbonyl (C=O) groups is 3. The Morgan fingerprint density at radius 1 is 1.11 bits per heavy atom. The largest absolute Gasteiger partial charge is 0.465 e. The van der Waals surface area contributed by atoms with Crippen LogP contribution in [0.1, 0.15) is 33.6 Å². The molecule has 0 spiro atoms. The van der Waals surface area contributed by atoms with E-state index in [0.29, 0.717) is 12.7 Å². The van der Waals surface area contributed by atoms with Crippen molar-refractivity contribution in [1.29, 1.82) is 0 Å². The number of hydrogen-bond donors (Lipinski definition) is 0. The maximum Gasteiger partial charge on any atom is 0.324 e. The van der Waals surface area contributed by atoms with Gasteiger partial charge in [0.2, 0.25) is 0 Å². The highest BCUT2D eigenvalue weighted by Crippen LogP contribution is 2.61. The van der Waals surface area contributed by atoms with Crippen LogP contribution in [-0.2, 0) is 23.9 Å². The molecule has 0 aromatic carbocycles. The molecular formula is C13H20O5. The minimum Gasteiger partial charge on any atom is -0.465 e. The van der Waals surface area contributed by atoms with Gasteiger partial charge in [-0.05, 0) is 26.2 Å². The van der Waals surface area contributed by atoms with Crippen molar-refractivity contribution in [2.24, 2.45) is 17.3 Å². The molecule has 0 bridgehead atoms. The van der Waals surface area contributed by atoms with E-state index >= 15 is 0 Å². The predicted octanol–water partition coefficient (Wildman–Crippen LogP) is 1.34. The molecule has 1 aliphatic carbocycles. The number of carbonyl (C=O) groups excluding carboxylic acids is 3. The molecular weight excluding hydrogens is 236 g/mol. The highest BCUT2D eigenvalue weighted by Gasteiger charge is 2.76. The molecule has 0 saturated heterocycles. The van der Waals surface area contributed by atoms with Gasteiger partial charge in [0.15, 0.2) is 5.41 Å². The third kappa shape index (κ3) is 2.13. The van der Waals surface area contributed by atoms with Crippen molar-refractivity contribution in [2.45, 2.75) is 33.6 Å². The fourth-order valence-corrected chi connectivity index (χ4v) is 2.57. The van der Waals surface area contributed by atoms with E-state index in [1.807, 2.05) is 6.92 Å². The standard InChI is InChI=1S/C13H20O5/c1-4-7-9-10(8-14)13(9,11(15)17-5-2)12(16)18-6-3/h8-10H,4-7H2,1-3H3/t9-,10-/m1/s1. The summed E-state index contributed by atoms with van der Waals surface area (Å²) in [5, 5.41) is 0. The first-order valence-corrected chi connectivity index (χ1v) is 6.40. The first-order chi connectivity index (χ1) is 8.60. The van der Waals surface area contributed by atoms with Crippen LogP contribution >= 0.6 is 0 Å². The van der Waals surface area contributed by atoms with Gasteiger partial charge in [0.1, 0.15) is 6.29 Å². The molecule has 0 heterocycles. The molecule has 0 aromatic heterocycles. The Hall–Kier alpha value is -1.39. The summed E-state index contributed by atoms with van der Waals surface area (Å²) in [6.07, 6.45) is 2.12. The van der Waals surface area contributed by atoms with Crippen LogP contribution in [0.4, 0.5) is 0 Å². The average Bonchev–Trinajstić information content (AvgIpc) is 2.99. The lowest BCUT2D eigenvalue weighted by Crippen LogP contribution is -2.33. The molecule has 0 aromatic rings. The lowest BCUT2D eigenvalue weighted by atomic mass is 10.0. The van der Waals surface area contributed by atoms with Gasteiger partial charge in [0.25, 0.3) is 0 Å². The molecule has 102 valence electrons. The molecule has 0 amide bonds. The van der Waals surface area contributed by atoms with E-state index in [2.05, 4.69) is 0 Å². The van der Waals surface area contributed by atoms with Crippen molar-refractivity contribution in [2.75, 3.05) is 13.2 Å². The maximum absolute atomic E-state index is 12.0.